The van der Waals surface area contributed by atoms with Crippen LogP contribution in [0.3, 0.4) is 0 Å². The van der Waals surface area contributed by atoms with Crippen LogP contribution in [0.1, 0.15) is 15.9 Å². The lowest BCUT2D eigenvalue weighted by Crippen LogP contribution is -2.23. The molecule has 0 saturated carbocycles. The summed E-state index contributed by atoms with van der Waals surface area (Å²) in [5, 5.41) is 22.7. The maximum Gasteiger partial charge on any atom is 0.269 e. The van der Waals surface area contributed by atoms with Crippen molar-refractivity contribution < 1.29 is 19.2 Å². The van der Waals surface area contributed by atoms with Crippen molar-refractivity contribution in [1.29, 1.82) is 0 Å². The van der Waals surface area contributed by atoms with Gasteiger partial charge >= 0.3 is 0 Å². The Balaban J connectivity index is 2.16. The first-order valence-corrected chi connectivity index (χ1v) is 6.34. The van der Waals surface area contributed by atoms with E-state index in [1.54, 1.807) is 6.07 Å². The van der Waals surface area contributed by atoms with Crippen molar-refractivity contribution >= 4 is 17.3 Å². The number of nitrogens with zero attached hydrogens (tertiary/aromatic N) is 2. The minimum atomic E-state index is -0.923. The lowest BCUT2D eigenvalue weighted by molar-refractivity contribution is -0.384. The highest BCUT2D eigenvalue weighted by molar-refractivity contribution is 5.97. The van der Waals surface area contributed by atoms with Crippen molar-refractivity contribution in [1.82, 2.24) is 5.32 Å². The second-order valence-electron chi connectivity index (χ2n) is 4.54. The summed E-state index contributed by atoms with van der Waals surface area (Å²) in [6, 6.07) is 7.32. The Hall–Kier alpha value is -3.47. The van der Waals surface area contributed by atoms with Crippen LogP contribution in [-0.2, 0) is 6.54 Å². The molecule has 0 spiro atoms. The van der Waals surface area contributed by atoms with Crippen LogP contribution in [0.15, 0.2) is 36.4 Å². The second-order valence-corrected chi connectivity index (χ2v) is 4.54. The molecule has 0 aliphatic carbocycles. The summed E-state index contributed by atoms with van der Waals surface area (Å²) in [4.78, 5) is 25.0. The molecule has 23 heavy (non-hydrogen) atoms. The van der Waals surface area contributed by atoms with Gasteiger partial charge in [-0.15, -0.1) is 0 Å². The van der Waals surface area contributed by atoms with Gasteiger partial charge in [-0.3, -0.25) is 14.9 Å². The normalized spacial score (nSPS) is 9.91. The molecule has 0 aliphatic rings. The number of halogens is 1. The first kappa shape index (κ1) is 15.9. The molecule has 0 unspecified atom stereocenters. The number of hydrogen-bond donors (Lipinski definition) is 2. The van der Waals surface area contributed by atoms with E-state index in [1.807, 2.05) is 0 Å². The number of benzene rings is 2. The van der Waals surface area contributed by atoms with Crippen molar-refractivity contribution in [2.75, 3.05) is 0 Å². The number of non-ortho nitro benzene ring substituents is 1. The number of rotatable bonds is 4. The van der Waals surface area contributed by atoms with Gasteiger partial charge in [0.25, 0.3) is 11.6 Å². The first-order chi connectivity index (χ1) is 10.9. The predicted molar refractivity (Wildman–Crippen MR) is 78.6 cm³/mol. The fourth-order valence-electron chi connectivity index (χ4n) is 1.88. The maximum atomic E-state index is 13.3. The molecule has 0 aromatic heterocycles. The third kappa shape index (κ3) is 3.59. The monoisotopic (exact) mass is 315 g/mol. The van der Waals surface area contributed by atoms with Crippen molar-refractivity contribution in [3.8, 4) is 5.75 Å². The molecule has 0 heterocycles. The van der Waals surface area contributed by atoms with Crippen LogP contribution in [0, 0.1) is 22.5 Å². The Morgan fingerprint density at radius 1 is 1.39 bits per heavy atom. The van der Waals surface area contributed by atoms with Crippen molar-refractivity contribution in [3.63, 3.8) is 0 Å². The molecule has 0 aliphatic heterocycles. The Kier molecular flexibility index (Phi) is 4.52. The van der Waals surface area contributed by atoms with E-state index in [0.29, 0.717) is 11.6 Å². The summed E-state index contributed by atoms with van der Waals surface area (Å²) in [6.45, 7) is 6.78. The van der Waals surface area contributed by atoms with Gasteiger partial charge in [0.05, 0.1) is 17.1 Å². The third-order valence-electron chi connectivity index (χ3n) is 3.00. The quantitative estimate of drug-likeness (QED) is 0.515. The van der Waals surface area contributed by atoms with Gasteiger partial charge in [0.15, 0.2) is 0 Å². The van der Waals surface area contributed by atoms with E-state index in [0.717, 1.165) is 6.07 Å². The summed E-state index contributed by atoms with van der Waals surface area (Å²) in [6.07, 6.45) is 0. The zero-order valence-corrected chi connectivity index (χ0v) is 11.6. The molecule has 2 N–H and O–H groups in total. The highest BCUT2D eigenvalue weighted by Crippen LogP contribution is 2.27. The van der Waals surface area contributed by atoms with E-state index >= 15 is 0 Å². The first-order valence-electron chi connectivity index (χ1n) is 6.34. The number of amides is 1. The molecule has 1 amide bonds. The number of phenolic OH excluding ortho intramolecular Hbond substituents is 1. The van der Waals surface area contributed by atoms with Crippen LogP contribution in [0.4, 0.5) is 15.8 Å². The third-order valence-corrected chi connectivity index (χ3v) is 3.00. The fraction of sp³-hybridized carbons (Fsp3) is 0.0667. The molecular weight excluding hydrogens is 305 g/mol. The number of nitro benzene ring substituents is 1. The number of carbonyl (C=O) groups is 1. The van der Waals surface area contributed by atoms with E-state index in [9.17, 15) is 24.4 Å². The van der Waals surface area contributed by atoms with Gasteiger partial charge in [0.2, 0.25) is 5.69 Å². The molecule has 116 valence electrons. The largest absolute Gasteiger partial charge is 0.507 e. The topological polar surface area (TPSA) is 96.8 Å². The van der Waals surface area contributed by atoms with E-state index in [4.69, 9.17) is 6.57 Å². The Morgan fingerprint density at radius 3 is 2.78 bits per heavy atom. The molecular formula is C15H10FN3O4. The maximum absolute atomic E-state index is 13.3. The van der Waals surface area contributed by atoms with Crippen LogP contribution >= 0.6 is 0 Å². The number of nitrogens with one attached hydrogen (secondary N) is 1. The van der Waals surface area contributed by atoms with Crippen molar-refractivity contribution in [2.45, 2.75) is 6.54 Å². The number of phenols is 1. The number of nitro groups is 1. The highest BCUT2D eigenvalue weighted by atomic mass is 19.1. The SMILES string of the molecule is [C-]#[N+]c1cc(C(=O)NCc2cccc([N+](=O)[O-])c2)c(O)cc1F. The van der Waals surface area contributed by atoms with Crippen molar-refractivity contribution in [3.05, 3.63) is 74.9 Å². The van der Waals surface area contributed by atoms with Crippen LogP contribution in [0.5, 0.6) is 5.75 Å². The van der Waals surface area contributed by atoms with Gasteiger partial charge < -0.3 is 10.4 Å². The van der Waals surface area contributed by atoms with Gasteiger partial charge in [-0.1, -0.05) is 12.1 Å². The molecule has 8 heteroatoms. The molecule has 2 aromatic carbocycles. The summed E-state index contributed by atoms with van der Waals surface area (Å²) < 4.78 is 13.3. The Labute approximate surface area is 130 Å². The Bertz CT molecular complexity index is 830. The highest BCUT2D eigenvalue weighted by Gasteiger charge is 2.15. The zero-order chi connectivity index (χ0) is 17.0. The van der Waals surface area contributed by atoms with Crippen LogP contribution in [0.25, 0.3) is 4.85 Å². The predicted octanol–water partition coefficient (Wildman–Crippen LogP) is 2.92. The summed E-state index contributed by atoms with van der Waals surface area (Å²) in [5.41, 5.74) is -0.262. The average molecular weight is 315 g/mol. The molecule has 0 fully saturated rings. The molecule has 7 nitrogen and oxygen atoms in total. The van der Waals surface area contributed by atoms with E-state index in [1.165, 1.54) is 18.2 Å². The van der Waals surface area contributed by atoms with Gasteiger partial charge in [0.1, 0.15) is 11.6 Å². The molecule has 0 bridgehead atoms. The van der Waals surface area contributed by atoms with E-state index < -0.39 is 22.4 Å². The average Bonchev–Trinajstić information content (AvgIpc) is 2.53. The molecule has 2 aromatic rings. The van der Waals surface area contributed by atoms with E-state index in [-0.39, 0.29) is 23.5 Å². The molecule has 0 atom stereocenters. The van der Waals surface area contributed by atoms with Crippen LogP contribution in [-0.4, -0.2) is 15.9 Å². The fourth-order valence-corrected chi connectivity index (χ4v) is 1.88. The molecule has 0 saturated heterocycles. The summed E-state index contributed by atoms with van der Waals surface area (Å²) in [5.74, 6) is -2.24. The van der Waals surface area contributed by atoms with Crippen LogP contribution in [0.2, 0.25) is 0 Å². The van der Waals surface area contributed by atoms with Gasteiger partial charge in [0, 0.05) is 24.7 Å². The number of hydrogen-bond acceptors (Lipinski definition) is 4. The molecule has 0 radical (unpaired) electrons. The summed E-state index contributed by atoms with van der Waals surface area (Å²) >= 11 is 0. The summed E-state index contributed by atoms with van der Waals surface area (Å²) in [7, 11) is 0. The van der Waals surface area contributed by atoms with Gasteiger partial charge in [-0.2, -0.15) is 0 Å². The van der Waals surface area contributed by atoms with Crippen LogP contribution < -0.4 is 5.32 Å². The minimum absolute atomic E-state index is 0.0231. The van der Waals surface area contributed by atoms with Crippen molar-refractivity contribution in [2.24, 2.45) is 0 Å². The standard InChI is InChI=1S/C15H10FN3O4/c1-17-13-6-11(14(20)7-12(13)16)15(21)18-8-9-3-2-4-10(5-9)19(22)23/h2-7,20H,8H2,(H,18,21). The van der Waals surface area contributed by atoms with Gasteiger partial charge in [-0.05, 0) is 11.6 Å². The lowest BCUT2D eigenvalue weighted by Gasteiger charge is -2.08. The Morgan fingerprint density at radius 2 is 2.13 bits per heavy atom. The zero-order valence-electron chi connectivity index (χ0n) is 11.6. The minimum Gasteiger partial charge on any atom is -0.507 e. The lowest BCUT2D eigenvalue weighted by atomic mass is 10.1. The van der Waals surface area contributed by atoms with Gasteiger partial charge in [-0.25, -0.2) is 9.24 Å². The number of carbonyl (C=O) groups excluding carboxylic acids is 1. The smallest absolute Gasteiger partial charge is 0.269 e. The molecule has 2 rings (SSSR count). The van der Waals surface area contributed by atoms with E-state index in [2.05, 4.69) is 10.2 Å². The number of aromatic hydroxyl groups is 1. The second kappa shape index (κ2) is 6.53.